The first kappa shape index (κ1) is 17.2. The summed E-state index contributed by atoms with van der Waals surface area (Å²) in [7, 11) is 1.61. The normalized spacial score (nSPS) is 27.3. The average Bonchev–Trinajstić information content (AvgIpc) is 2.59. The van der Waals surface area contributed by atoms with Gasteiger partial charge < -0.3 is 19.7 Å². The van der Waals surface area contributed by atoms with E-state index in [0.717, 1.165) is 45.1 Å². The van der Waals surface area contributed by atoms with Gasteiger partial charge in [-0.25, -0.2) is 0 Å². The Morgan fingerprint density at radius 3 is 2.73 bits per heavy atom. The summed E-state index contributed by atoms with van der Waals surface area (Å²) >= 11 is 0. The summed E-state index contributed by atoms with van der Waals surface area (Å²) in [5.41, 5.74) is 0. The molecular weight excluding hydrogens is 284 g/mol. The molecule has 0 bridgehead atoms. The molecule has 2 heterocycles. The van der Waals surface area contributed by atoms with E-state index in [2.05, 4.69) is 5.32 Å². The molecule has 0 aromatic heterocycles. The van der Waals surface area contributed by atoms with E-state index in [1.807, 2.05) is 0 Å². The van der Waals surface area contributed by atoms with E-state index in [0.29, 0.717) is 13.2 Å². The highest BCUT2D eigenvalue weighted by molar-refractivity contribution is 5.89. The SMILES string of the molecule is CNC(=O)C1CCCCN1C(=O)C(C)OCC1CCCCO1. The third-order valence-corrected chi connectivity index (χ3v) is 4.49. The fourth-order valence-electron chi connectivity index (χ4n) is 3.13. The number of ether oxygens (including phenoxy) is 2. The summed E-state index contributed by atoms with van der Waals surface area (Å²) in [5.74, 6) is -0.181. The van der Waals surface area contributed by atoms with E-state index < -0.39 is 6.10 Å². The molecule has 6 heteroatoms. The summed E-state index contributed by atoms with van der Waals surface area (Å²) in [6.45, 7) is 3.62. The molecule has 1 N–H and O–H groups in total. The van der Waals surface area contributed by atoms with Crippen LogP contribution in [-0.2, 0) is 19.1 Å². The second-order valence-electron chi connectivity index (χ2n) is 6.12. The fourth-order valence-corrected chi connectivity index (χ4v) is 3.13. The lowest BCUT2D eigenvalue weighted by molar-refractivity contribution is -0.153. The fraction of sp³-hybridized carbons (Fsp3) is 0.875. The number of carbonyl (C=O) groups excluding carboxylic acids is 2. The van der Waals surface area contributed by atoms with Gasteiger partial charge in [0.25, 0.3) is 5.91 Å². The van der Waals surface area contributed by atoms with Crippen LogP contribution in [0, 0.1) is 0 Å². The van der Waals surface area contributed by atoms with Gasteiger partial charge in [0, 0.05) is 20.2 Å². The second kappa shape index (κ2) is 8.48. The van der Waals surface area contributed by atoms with Gasteiger partial charge >= 0.3 is 0 Å². The van der Waals surface area contributed by atoms with Crippen LogP contribution in [0.1, 0.15) is 45.4 Å². The minimum Gasteiger partial charge on any atom is -0.376 e. The first-order chi connectivity index (χ1) is 10.6. The monoisotopic (exact) mass is 312 g/mol. The van der Waals surface area contributed by atoms with Crippen LogP contribution in [0.5, 0.6) is 0 Å². The van der Waals surface area contributed by atoms with Gasteiger partial charge in [0.2, 0.25) is 5.91 Å². The zero-order chi connectivity index (χ0) is 15.9. The Kier molecular flexibility index (Phi) is 6.64. The quantitative estimate of drug-likeness (QED) is 0.825. The van der Waals surface area contributed by atoms with E-state index in [9.17, 15) is 9.59 Å². The average molecular weight is 312 g/mol. The number of nitrogens with zero attached hydrogens (tertiary/aromatic N) is 1. The largest absolute Gasteiger partial charge is 0.376 e. The Morgan fingerprint density at radius 2 is 2.05 bits per heavy atom. The van der Waals surface area contributed by atoms with Crippen LogP contribution in [0.3, 0.4) is 0 Å². The highest BCUT2D eigenvalue weighted by Gasteiger charge is 2.34. The van der Waals surface area contributed by atoms with E-state index >= 15 is 0 Å². The third-order valence-electron chi connectivity index (χ3n) is 4.49. The van der Waals surface area contributed by atoms with Crippen molar-refractivity contribution >= 4 is 11.8 Å². The van der Waals surface area contributed by atoms with Crippen LogP contribution in [0.25, 0.3) is 0 Å². The number of carbonyl (C=O) groups is 2. The Morgan fingerprint density at radius 1 is 1.27 bits per heavy atom. The Labute approximate surface area is 132 Å². The maximum absolute atomic E-state index is 12.6. The van der Waals surface area contributed by atoms with Gasteiger partial charge in [0.15, 0.2) is 0 Å². The van der Waals surface area contributed by atoms with Crippen molar-refractivity contribution < 1.29 is 19.1 Å². The van der Waals surface area contributed by atoms with Gasteiger partial charge in [-0.05, 0) is 45.4 Å². The zero-order valence-corrected chi connectivity index (χ0v) is 13.7. The molecule has 3 unspecified atom stereocenters. The first-order valence-electron chi connectivity index (χ1n) is 8.38. The van der Waals surface area contributed by atoms with Crippen LogP contribution in [0.15, 0.2) is 0 Å². The maximum atomic E-state index is 12.6. The molecule has 2 rings (SSSR count). The van der Waals surface area contributed by atoms with Crippen molar-refractivity contribution in [1.82, 2.24) is 10.2 Å². The molecule has 6 nitrogen and oxygen atoms in total. The summed E-state index contributed by atoms with van der Waals surface area (Å²) in [5, 5.41) is 2.65. The maximum Gasteiger partial charge on any atom is 0.252 e. The van der Waals surface area contributed by atoms with Crippen LogP contribution >= 0.6 is 0 Å². The summed E-state index contributed by atoms with van der Waals surface area (Å²) < 4.78 is 11.3. The summed E-state index contributed by atoms with van der Waals surface area (Å²) in [6, 6.07) is -0.358. The zero-order valence-electron chi connectivity index (χ0n) is 13.7. The molecule has 0 radical (unpaired) electrons. The van der Waals surface area contributed by atoms with Crippen LogP contribution in [0.2, 0.25) is 0 Å². The second-order valence-corrected chi connectivity index (χ2v) is 6.12. The van der Waals surface area contributed by atoms with Gasteiger partial charge in [-0.3, -0.25) is 9.59 Å². The smallest absolute Gasteiger partial charge is 0.252 e. The van der Waals surface area contributed by atoms with Gasteiger partial charge in [0.05, 0.1) is 12.7 Å². The number of amides is 2. The number of likely N-dealkylation sites (N-methyl/N-ethyl adjacent to an activating group) is 1. The van der Waals surface area contributed by atoms with E-state index in [1.54, 1.807) is 18.9 Å². The molecule has 2 aliphatic heterocycles. The van der Waals surface area contributed by atoms with Crippen molar-refractivity contribution in [3.8, 4) is 0 Å². The Balaban J connectivity index is 1.85. The number of piperidine rings is 1. The van der Waals surface area contributed by atoms with Gasteiger partial charge in [-0.2, -0.15) is 0 Å². The number of nitrogens with one attached hydrogen (secondary N) is 1. The van der Waals surface area contributed by atoms with E-state index in [-0.39, 0.29) is 24.0 Å². The highest BCUT2D eigenvalue weighted by Crippen LogP contribution is 2.19. The van der Waals surface area contributed by atoms with Crippen molar-refractivity contribution in [2.24, 2.45) is 0 Å². The molecule has 0 spiro atoms. The lowest BCUT2D eigenvalue weighted by atomic mass is 10.0. The molecule has 3 atom stereocenters. The van der Waals surface area contributed by atoms with Gasteiger partial charge in [-0.1, -0.05) is 0 Å². The van der Waals surface area contributed by atoms with Crippen molar-refractivity contribution in [2.45, 2.75) is 63.7 Å². The predicted molar refractivity (Wildman–Crippen MR) is 82.4 cm³/mol. The van der Waals surface area contributed by atoms with Crippen LogP contribution in [0.4, 0.5) is 0 Å². The van der Waals surface area contributed by atoms with Crippen LogP contribution < -0.4 is 5.32 Å². The van der Waals surface area contributed by atoms with Gasteiger partial charge in [-0.15, -0.1) is 0 Å². The van der Waals surface area contributed by atoms with Crippen molar-refractivity contribution in [3.63, 3.8) is 0 Å². The van der Waals surface area contributed by atoms with E-state index in [4.69, 9.17) is 9.47 Å². The topological polar surface area (TPSA) is 67.9 Å². The minimum atomic E-state index is -0.532. The predicted octanol–water partition coefficient (Wildman–Crippen LogP) is 1.09. The first-order valence-corrected chi connectivity index (χ1v) is 8.38. The minimum absolute atomic E-state index is 0.0872. The highest BCUT2D eigenvalue weighted by atomic mass is 16.5. The molecule has 126 valence electrons. The number of likely N-dealkylation sites (tertiary alicyclic amines) is 1. The third kappa shape index (κ3) is 4.43. The van der Waals surface area contributed by atoms with Crippen molar-refractivity contribution in [3.05, 3.63) is 0 Å². The standard InChI is InChI=1S/C16H28N2O4/c1-12(22-11-13-7-4-6-10-21-13)16(20)18-9-5-3-8-14(18)15(19)17-2/h12-14H,3-11H2,1-2H3,(H,17,19). The van der Waals surface area contributed by atoms with Gasteiger partial charge in [0.1, 0.15) is 12.1 Å². The lowest BCUT2D eigenvalue weighted by Gasteiger charge is -2.36. The molecule has 0 aromatic rings. The molecule has 0 saturated carbocycles. The molecule has 2 amide bonds. The summed E-state index contributed by atoms with van der Waals surface area (Å²) in [6.07, 6.45) is 5.46. The molecule has 0 aromatic carbocycles. The molecular formula is C16H28N2O4. The Bertz CT molecular complexity index is 382. The van der Waals surface area contributed by atoms with Crippen molar-refractivity contribution in [2.75, 3.05) is 26.8 Å². The molecule has 22 heavy (non-hydrogen) atoms. The Hall–Kier alpha value is -1.14. The molecule has 2 aliphatic rings. The van der Waals surface area contributed by atoms with Crippen LogP contribution in [-0.4, -0.2) is 61.8 Å². The number of hydrogen-bond acceptors (Lipinski definition) is 4. The van der Waals surface area contributed by atoms with Crippen molar-refractivity contribution in [1.29, 1.82) is 0 Å². The molecule has 2 fully saturated rings. The summed E-state index contributed by atoms with van der Waals surface area (Å²) in [4.78, 5) is 26.2. The van der Waals surface area contributed by atoms with E-state index in [1.165, 1.54) is 0 Å². The number of rotatable bonds is 5. The number of hydrogen-bond donors (Lipinski definition) is 1. The molecule has 2 saturated heterocycles. The lowest BCUT2D eigenvalue weighted by Crippen LogP contribution is -2.54. The molecule has 0 aliphatic carbocycles.